The van der Waals surface area contributed by atoms with Gasteiger partial charge in [-0.15, -0.1) is 0 Å². The van der Waals surface area contributed by atoms with E-state index in [-0.39, 0.29) is 53.9 Å². The van der Waals surface area contributed by atoms with Gasteiger partial charge >= 0.3 is 11.9 Å². The van der Waals surface area contributed by atoms with Crippen molar-refractivity contribution >= 4 is 23.6 Å². The van der Waals surface area contributed by atoms with E-state index in [4.69, 9.17) is 9.47 Å². The molecule has 5 unspecified atom stereocenters. The summed E-state index contributed by atoms with van der Waals surface area (Å²) in [6.07, 6.45) is 9.71. The number of Topliss-reactive ketones (excluding diaryl/α,β-unsaturated/α-hetero) is 1. The number of esters is 1. The molecule has 2 heterocycles. The number of aliphatic carboxylic acids is 1. The van der Waals surface area contributed by atoms with E-state index in [0.717, 1.165) is 57.1 Å². The fourth-order valence-corrected chi connectivity index (χ4v) is 11.9. The van der Waals surface area contributed by atoms with E-state index in [0.29, 0.717) is 41.8 Å². The van der Waals surface area contributed by atoms with Gasteiger partial charge in [-0.1, -0.05) is 51.1 Å². The lowest BCUT2D eigenvalue weighted by atomic mass is 9.44. The van der Waals surface area contributed by atoms with Crippen molar-refractivity contribution in [2.45, 2.75) is 128 Å². The molecule has 48 heavy (non-hydrogen) atoms. The van der Waals surface area contributed by atoms with Crippen LogP contribution in [0.15, 0.2) is 30.3 Å². The minimum absolute atomic E-state index is 0.0453. The highest BCUT2D eigenvalue weighted by Gasteiger charge is 2.71. The van der Waals surface area contributed by atoms with Crippen LogP contribution in [0.3, 0.4) is 0 Å². The predicted molar refractivity (Wildman–Crippen MR) is 178 cm³/mol. The van der Waals surface area contributed by atoms with Gasteiger partial charge in [-0.05, 0) is 99.0 Å². The molecule has 12 atom stereocenters. The summed E-state index contributed by atoms with van der Waals surface area (Å²) in [5, 5.41) is 15.9. The quantitative estimate of drug-likeness (QED) is 0.314. The summed E-state index contributed by atoms with van der Waals surface area (Å²) < 4.78 is 12.8. The minimum Gasteiger partial charge on any atom is -0.480 e. The van der Waals surface area contributed by atoms with Gasteiger partial charge in [-0.2, -0.15) is 0 Å². The maximum Gasteiger partial charge on any atom is 0.326 e. The molecule has 1 spiro atoms. The number of carbonyl (C=O) groups excluding carboxylic acids is 3. The first kappa shape index (κ1) is 33.7. The van der Waals surface area contributed by atoms with Crippen molar-refractivity contribution in [1.82, 2.24) is 10.6 Å². The Balaban J connectivity index is 0.932. The number of amides is 1. The van der Waals surface area contributed by atoms with Gasteiger partial charge in [0.05, 0.1) is 12.5 Å². The molecule has 6 fully saturated rings. The molecule has 4 aliphatic carbocycles. The van der Waals surface area contributed by atoms with E-state index in [1.54, 1.807) is 0 Å². The molecule has 4 saturated carbocycles. The number of piperidine rings is 1. The van der Waals surface area contributed by atoms with Crippen LogP contribution in [0.25, 0.3) is 0 Å². The van der Waals surface area contributed by atoms with Crippen LogP contribution in [0.2, 0.25) is 0 Å². The van der Waals surface area contributed by atoms with Gasteiger partial charge in [0.25, 0.3) is 0 Å². The molecule has 262 valence electrons. The summed E-state index contributed by atoms with van der Waals surface area (Å²) in [5.41, 5.74) is 0.283. The average molecular weight is 663 g/mol. The van der Waals surface area contributed by atoms with Crippen molar-refractivity contribution in [3.63, 3.8) is 0 Å². The molecular weight excluding hydrogens is 608 g/mol. The van der Waals surface area contributed by atoms with E-state index in [9.17, 15) is 24.3 Å². The van der Waals surface area contributed by atoms with E-state index >= 15 is 0 Å². The normalized spacial score (nSPS) is 42.2. The van der Waals surface area contributed by atoms with Crippen LogP contribution in [0.4, 0.5) is 0 Å². The molecular formula is C39H54N2O7. The molecule has 9 heteroatoms. The van der Waals surface area contributed by atoms with Crippen LogP contribution in [0.5, 0.6) is 0 Å². The van der Waals surface area contributed by atoms with Gasteiger partial charge < -0.3 is 19.9 Å². The van der Waals surface area contributed by atoms with Gasteiger partial charge in [-0.3, -0.25) is 19.7 Å². The number of hydrogen-bond donors (Lipinski definition) is 3. The van der Waals surface area contributed by atoms with Gasteiger partial charge in [0.15, 0.2) is 0 Å². The maximum atomic E-state index is 14.4. The van der Waals surface area contributed by atoms with Gasteiger partial charge in [0.1, 0.15) is 23.7 Å². The number of benzene rings is 1. The minimum atomic E-state index is -1.11. The van der Waals surface area contributed by atoms with Gasteiger partial charge in [0.2, 0.25) is 5.91 Å². The Hall–Kier alpha value is -2.78. The predicted octanol–water partition coefficient (Wildman–Crippen LogP) is 5.44. The summed E-state index contributed by atoms with van der Waals surface area (Å²) in [4.78, 5) is 51.5. The third kappa shape index (κ3) is 5.70. The number of carboxylic acids is 1. The first-order valence-electron chi connectivity index (χ1n) is 18.7. The summed E-state index contributed by atoms with van der Waals surface area (Å²) in [6, 6.07) is 8.09. The third-order valence-electron chi connectivity index (χ3n) is 14.4. The molecule has 9 nitrogen and oxygen atoms in total. The molecule has 2 aliphatic heterocycles. The number of hydrogen-bond acceptors (Lipinski definition) is 7. The lowest BCUT2D eigenvalue weighted by molar-refractivity contribution is -0.169. The molecule has 6 aliphatic rings. The molecule has 0 bridgehead atoms. The second kappa shape index (κ2) is 12.8. The molecule has 0 radical (unpaired) electrons. The smallest absolute Gasteiger partial charge is 0.326 e. The van der Waals surface area contributed by atoms with Crippen LogP contribution in [0, 0.1) is 46.3 Å². The highest BCUT2D eigenvalue weighted by Crippen LogP contribution is 2.70. The fourth-order valence-electron chi connectivity index (χ4n) is 11.9. The van der Waals surface area contributed by atoms with E-state index < -0.39 is 23.9 Å². The number of carboxylic acid groups (broad SMARTS) is 1. The molecule has 3 N–H and O–H groups in total. The average Bonchev–Trinajstić information content (AvgIpc) is 3.51. The number of rotatable bonds is 8. The molecule has 1 aromatic carbocycles. The van der Waals surface area contributed by atoms with Gasteiger partial charge in [-0.25, -0.2) is 4.79 Å². The second-order valence-electron chi connectivity index (χ2n) is 16.6. The molecule has 1 aromatic rings. The molecule has 1 amide bonds. The third-order valence-corrected chi connectivity index (χ3v) is 14.4. The Morgan fingerprint density at radius 2 is 1.83 bits per heavy atom. The number of ketones is 1. The Bertz CT molecular complexity index is 1410. The van der Waals surface area contributed by atoms with Crippen molar-refractivity contribution in [2.24, 2.45) is 46.3 Å². The molecule has 0 aromatic heterocycles. The standard InChI is InChI=1S/C39H54N2O7/c1-23-35-31(48-39(23)16-7-8-18-40-39)21-29-27-12-11-25-20-26(15-17-37(25,2)28(27)22-32(42)38(29,35)3)47-34(44)14-13-33(43)41-30(36(45)46)19-24-9-5-4-6-10-24/h4-6,9-10,23,25-31,35,40H,7-8,11-22H2,1-3H3,(H,41,43)(H,45,46)/t23-,25-,26-,27?,28?,29?,30-,31?,35?,37-,38+,39+/m0/s1. The van der Waals surface area contributed by atoms with Crippen molar-refractivity contribution in [3.8, 4) is 0 Å². The Labute approximate surface area is 284 Å². The zero-order valence-corrected chi connectivity index (χ0v) is 28.9. The van der Waals surface area contributed by atoms with Crippen molar-refractivity contribution in [3.05, 3.63) is 35.9 Å². The summed E-state index contributed by atoms with van der Waals surface area (Å²) in [7, 11) is 0. The lowest BCUT2D eigenvalue weighted by Crippen LogP contribution is -2.59. The monoisotopic (exact) mass is 662 g/mol. The lowest BCUT2D eigenvalue weighted by Gasteiger charge is -2.60. The number of fused-ring (bicyclic) bond motifs is 7. The van der Waals surface area contributed by atoms with Crippen molar-refractivity contribution in [2.75, 3.05) is 6.54 Å². The van der Waals surface area contributed by atoms with Gasteiger partial charge in [0, 0.05) is 36.5 Å². The van der Waals surface area contributed by atoms with Crippen LogP contribution in [-0.4, -0.2) is 59.3 Å². The van der Waals surface area contributed by atoms with Crippen LogP contribution < -0.4 is 10.6 Å². The van der Waals surface area contributed by atoms with E-state index in [2.05, 4.69) is 31.4 Å². The highest BCUT2D eigenvalue weighted by molar-refractivity contribution is 5.87. The van der Waals surface area contributed by atoms with E-state index in [1.807, 2.05) is 30.3 Å². The number of nitrogens with one attached hydrogen (secondary N) is 2. The summed E-state index contributed by atoms with van der Waals surface area (Å²) in [6.45, 7) is 8.02. The molecule has 7 rings (SSSR count). The van der Waals surface area contributed by atoms with Crippen LogP contribution in [0.1, 0.15) is 103 Å². The van der Waals surface area contributed by atoms with Crippen molar-refractivity contribution < 1.29 is 33.8 Å². The summed E-state index contributed by atoms with van der Waals surface area (Å²) >= 11 is 0. The maximum absolute atomic E-state index is 14.4. The topological polar surface area (TPSA) is 131 Å². The van der Waals surface area contributed by atoms with Crippen LogP contribution in [-0.2, 0) is 35.1 Å². The first-order valence-corrected chi connectivity index (χ1v) is 18.7. The SMILES string of the molecule is C[C@H]1C2C(CC3C4CC[C@H]5C[C@@H](OC(=O)CCC(=O)N[C@@H](Cc6ccccc6)C(=O)O)CC[C@]5(C)C4CC(=O)[C@@]32C)O[C@]12CCCCN2. The fraction of sp³-hybridized carbons (Fsp3) is 0.744. The molecule has 2 saturated heterocycles. The highest BCUT2D eigenvalue weighted by atomic mass is 16.5. The first-order chi connectivity index (χ1) is 22.9. The summed E-state index contributed by atoms with van der Waals surface area (Å²) in [5.74, 6) is 0.715. The van der Waals surface area contributed by atoms with E-state index in [1.165, 1.54) is 12.8 Å². The largest absolute Gasteiger partial charge is 0.480 e. The Kier molecular flexibility index (Phi) is 9.01. The number of ether oxygens (including phenoxy) is 2. The number of carbonyl (C=O) groups is 4. The Morgan fingerprint density at radius 1 is 1.04 bits per heavy atom. The zero-order valence-electron chi connectivity index (χ0n) is 28.9. The second-order valence-corrected chi connectivity index (χ2v) is 16.6. The van der Waals surface area contributed by atoms with Crippen molar-refractivity contribution in [1.29, 1.82) is 0 Å². The van der Waals surface area contributed by atoms with Crippen LogP contribution >= 0.6 is 0 Å². The Morgan fingerprint density at radius 3 is 2.56 bits per heavy atom. The zero-order chi connectivity index (χ0) is 33.8.